The van der Waals surface area contributed by atoms with Gasteiger partial charge in [0.05, 0.1) is 15.6 Å². The van der Waals surface area contributed by atoms with Gasteiger partial charge in [0.2, 0.25) is 0 Å². The van der Waals surface area contributed by atoms with Gasteiger partial charge >= 0.3 is 0 Å². The molecule has 1 aromatic heterocycles. The highest BCUT2D eigenvalue weighted by Gasteiger charge is 2.17. The Hall–Kier alpha value is -1.73. The Morgan fingerprint density at radius 1 is 1.26 bits per heavy atom. The van der Waals surface area contributed by atoms with Crippen LogP contribution in [0, 0.1) is 5.82 Å². The molecule has 0 saturated heterocycles. The first-order chi connectivity index (χ1) is 9.00. The van der Waals surface area contributed by atoms with E-state index in [0.29, 0.717) is 5.00 Å². The molecule has 0 fully saturated rings. The van der Waals surface area contributed by atoms with Gasteiger partial charge in [-0.05, 0) is 39.5 Å². The molecule has 2 aromatic rings. The lowest BCUT2D eigenvalue weighted by Gasteiger charge is -2.06. The maximum atomic E-state index is 13.7. The third-order valence-corrected chi connectivity index (χ3v) is 3.80. The van der Waals surface area contributed by atoms with Crippen molar-refractivity contribution in [3.05, 3.63) is 51.1 Å². The summed E-state index contributed by atoms with van der Waals surface area (Å²) in [4.78, 5) is 23.1. The summed E-state index contributed by atoms with van der Waals surface area (Å²) >= 11 is 4.15. The van der Waals surface area contributed by atoms with Crippen molar-refractivity contribution in [2.24, 2.45) is 5.73 Å². The van der Waals surface area contributed by atoms with Crippen molar-refractivity contribution in [2.75, 3.05) is 5.32 Å². The Kier molecular flexibility index (Phi) is 3.96. The average molecular weight is 343 g/mol. The highest BCUT2D eigenvalue weighted by Crippen LogP contribution is 2.25. The first-order valence-corrected chi connectivity index (χ1v) is 6.80. The summed E-state index contributed by atoms with van der Waals surface area (Å²) in [7, 11) is 0. The van der Waals surface area contributed by atoms with Crippen molar-refractivity contribution in [1.29, 1.82) is 0 Å². The number of amides is 2. The number of hydrogen-bond acceptors (Lipinski definition) is 3. The monoisotopic (exact) mass is 342 g/mol. The van der Waals surface area contributed by atoms with Crippen LogP contribution in [0.15, 0.2) is 34.1 Å². The molecular weight excluding hydrogens is 335 g/mol. The Morgan fingerprint density at radius 2 is 2.00 bits per heavy atom. The highest BCUT2D eigenvalue weighted by molar-refractivity contribution is 9.10. The maximum absolute atomic E-state index is 13.7. The first kappa shape index (κ1) is 13.7. The topological polar surface area (TPSA) is 72.2 Å². The zero-order valence-corrected chi connectivity index (χ0v) is 11.8. The minimum absolute atomic E-state index is 0.113. The van der Waals surface area contributed by atoms with Gasteiger partial charge in [-0.25, -0.2) is 4.39 Å². The third-order valence-electron chi connectivity index (χ3n) is 2.35. The molecule has 0 bridgehead atoms. The summed E-state index contributed by atoms with van der Waals surface area (Å²) in [5.74, 6) is -1.94. The standard InChI is InChI=1S/C12H8BrFN2O2S/c13-8-3-1-2-6(9(8)14)11(18)16-12-7(10(15)17)4-5-19-12/h1-5H,(H2,15,17)(H,16,18). The van der Waals surface area contributed by atoms with Crippen molar-refractivity contribution >= 4 is 44.1 Å². The molecule has 0 aliphatic rings. The largest absolute Gasteiger partial charge is 0.366 e. The fraction of sp³-hybridized carbons (Fsp3) is 0. The van der Waals surface area contributed by atoms with E-state index in [2.05, 4.69) is 21.2 Å². The van der Waals surface area contributed by atoms with Crippen LogP contribution in [0.3, 0.4) is 0 Å². The van der Waals surface area contributed by atoms with Gasteiger partial charge in [0.1, 0.15) is 10.8 Å². The molecule has 2 amide bonds. The number of hydrogen-bond donors (Lipinski definition) is 2. The van der Waals surface area contributed by atoms with Gasteiger partial charge < -0.3 is 11.1 Å². The Morgan fingerprint density at radius 3 is 2.68 bits per heavy atom. The Bertz CT molecular complexity index is 657. The predicted molar refractivity (Wildman–Crippen MR) is 74.9 cm³/mol. The molecular formula is C12H8BrFN2O2S. The van der Waals surface area contributed by atoms with Gasteiger partial charge in [0, 0.05) is 0 Å². The minimum atomic E-state index is -0.655. The summed E-state index contributed by atoms with van der Waals surface area (Å²) < 4.78 is 13.9. The van der Waals surface area contributed by atoms with Gasteiger partial charge in [-0.2, -0.15) is 0 Å². The van der Waals surface area contributed by atoms with E-state index in [1.165, 1.54) is 18.2 Å². The predicted octanol–water partition coefficient (Wildman–Crippen LogP) is 3.00. The molecule has 0 aliphatic heterocycles. The SMILES string of the molecule is NC(=O)c1ccsc1NC(=O)c1cccc(Br)c1F. The van der Waals surface area contributed by atoms with E-state index in [-0.39, 0.29) is 15.6 Å². The Balaban J connectivity index is 2.29. The number of carbonyl (C=O) groups excluding carboxylic acids is 2. The summed E-state index contributed by atoms with van der Waals surface area (Å²) in [5.41, 5.74) is 5.25. The van der Waals surface area contributed by atoms with Gasteiger partial charge in [-0.3, -0.25) is 9.59 Å². The van der Waals surface area contributed by atoms with Crippen LogP contribution in [-0.2, 0) is 0 Å². The second-order valence-electron chi connectivity index (χ2n) is 3.58. The van der Waals surface area contributed by atoms with E-state index in [1.54, 1.807) is 11.4 Å². The highest BCUT2D eigenvalue weighted by atomic mass is 79.9. The van der Waals surface area contributed by atoms with Crippen LogP contribution in [0.2, 0.25) is 0 Å². The Labute approximate surface area is 120 Å². The van der Waals surface area contributed by atoms with Gasteiger partial charge in [0.15, 0.2) is 0 Å². The van der Waals surface area contributed by atoms with E-state index in [0.717, 1.165) is 11.3 Å². The zero-order chi connectivity index (χ0) is 14.0. The lowest BCUT2D eigenvalue weighted by molar-refractivity contribution is 0.100. The molecule has 4 nitrogen and oxygen atoms in total. The summed E-state index contributed by atoms with van der Waals surface area (Å²) in [5, 5.41) is 4.39. The smallest absolute Gasteiger partial charge is 0.259 e. The summed E-state index contributed by atoms with van der Waals surface area (Å²) in [6, 6.07) is 5.89. The van der Waals surface area contributed by atoms with Crippen LogP contribution in [0.4, 0.5) is 9.39 Å². The van der Waals surface area contributed by atoms with E-state index in [4.69, 9.17) is 5.73 Å². The van der Waals surface area contributed by atoms with E-state index < -0.39 is 17.6 Å². The van der Waals surface area contributed by atoms with Crippen molar-refractivity contribution in [1.82, 2.24) is 0 Å². The van der Waals surface area contributed by atoms with Gasteiger partial charge in [0.25, 0.3) is 11.8 Å². The number of halogens is 2. The van der Waals surface area contributed by atoms with Crippen LogP contribution in [-0.4, -0.2) is 11.8 Å². The molecule has 98 valence electrons. The summed E-state index contributed by atoms with van der Waals surface area (Å²) in [6.45, 7) is 0. The van der Waals surface area contributed by atoms with Crippen LogP contribution in [0.25, 0.3) is 0 Å². The molecule has 1 aromatic carbocycles. The average Bonchev–Trinajstić information content (AvgIpc) is 2.80. The number of carbonyl (C=O) groups is 2. The number of nitrogens with two attached hydrogens (primary N) is 1. The second-order valence-corrected chi connectivity index (χ2v) is 5.35. The number of nitrogens with one attached hydrogen (secondary N) is 1. The fourth-order valence-electron chi connectivity index (χ4n) is 1.45. The number of thiophene rings is 1. The van der Waals surface area contributed by atoms with E-state index in [9.17, 15) is 14.0 Å². The van der Waals surface area contributed by atoms with Crippen LogP contribution < -0.4 is 11.1 Å². The number of benzene rings is 1. The number of rotatable bonds is 3. The minimum Gasteiger partial charge on any atom is -0.366 e. The molecule has 7 heteroatoms. The van der Waals surface area contributed by atoms with E-state index >= 15 is 0 Å². The van der Waals surface area contributed by atoms with Gasteiger partial charge in [-0.15, -0.1) is 11.3 Å². The van der Waals surface area contributed by atoms with Crippen molar-refractivity contribution in [2.45, 2.75) is 0 Å². The molecule has 3 N–H and O–H groups in total. The number of anilines is 1. The van der Waals surface area contributed by atoms with Crippen LogP contribution in [0.5, 0.6) is 0 Å². The molecule has 0 atom stereocenters. The van der Waals surface area contributed by atoms with Crippen molar-refractivity contribution in [3.8, 4) is 0 Å². The third kappa shape index (κ3) is 2.82. The van der Waals surface area contributed by atoms with Crippen LogP contribution in [0.1, 0.15) is 20.7 Å². The van der Waals surface area contributed by atoms with Crippen LogP contribution >= 0.6 is 27.3 Å². The lowest BCUT2D eigenvalue weighted by atomic mass is 10.2. The van der Waals surface area contributed by atoms with Gasteiger partial charge in [-0.1, -0.05) is 6.07 Å². The first-order valence-electron chi connectivity index (χ1n) is 5.13. The molecule has 0 spiro atoms. The number of primary amides is 1. The van der Waals surface area contributed by atoms with Crippen molar-refractivity contribution in [3.63, 3.8) is 0 Å². The maximum Gasteiger partial charge on any atom is 0.259 e. The normalized spacial score (nSPS) is 10.2. The molecule has 0 saturated carbocycles. The quantitative estimate of drug-likeness (QED) is 0.899. The summed E-state index contributed by atoms with van der Waals surface area (Å²) in [6.07, 6.45) is 0. The molecule has 2 rings (SSSR count). The second kappa shape index (κ2) is 5.50. The molecule has 0 unspecified atom stereocenters. The zero-order valence-electron chi connectivity index (χ0n) is 9.44. The molecule has 0 radical (unpaired) electrons. The fourth-order valence-corrected chi connectivity index (χ4v) is 2.60. The van der Waals surface area contributed by atoms with E-state index in [1.807, 2.05) is 0 Å². The molecule has 19 heavy (non-hydrogen) atoms. The molecule has 1 heterocycles. The van der Waals surface area contributed by atoms with Crippen molar-refractivity contribution < 1.29 is 14.0 Å². The molecule has 0 aliphatic carbocycles. The lowest BCUT2D eigenvalue weighted by Crippen LogP contribution is -2.17.